The summed E-state index contributed by atoms with van der Waals surface area (Å²) in [4.78, 5) is 22.1. The monoisotopic (exact) mass is 294 g/mol. The van der Waals surface area contributed by atoms with Crippen molar-refractivity contribution in [1.82, 2.24) is 5.32 Å². The summed E-state index contributed by atoms with van der Waals surface area (Å²) in [6, 6.07) is 3.28. The number of nitro benzene ring substituents is 1. The second-order valence-electron chi connectivity index (χ2n) is 5.77. The summed E-state index contributed by atoms with van der Waals surface area (Å²) in [5, 5.41) is 13.6. The van der Waals surface area contributed by atoms with Gasteiger partial charge in [0.2, 0.25) is 5.82 Å². The minimum Gasteiger partial charge on any atom is -0.349 e. The lowest BCUT2D eigenvalue weighted by Gasteiger charge is -2.34. The lowest BCUT2D eigenvalue weighted by molar-refractivity contribution is -0.387. The van der Waals surface area contributed by atoms with Crippen molar-refractivity contribution >= 4 is 11.6 Å². The van der Waals surface area contributed by atoms with Gasteiger partial charge in [0.05, 0.1) is 4.92 Å². The zero-order valence-electron chi connectivity index (χ0n) is 12.1. The van der Waals surface area contributed by atoms with E-state index in [1.165, 1.54) is 6.07 Å². The number of carbonyl (C=O) groups is 1. The summed E-state index contributed by atoms with van der Waals surface area (Å²) in [5.41, 5.74) is -0.554. The van der Waals surface area contributed by atoms with E-state index in [0.29, 0.717) is 11.8 Å². The van der Waals surface area contributed by atoms with Crippen LogP contribution in [0.5, 0.6) is 0 Å². The number of hydrogen-bond donors (Lipinski definition) is 1. The molecule has 3 unspecified atom stereocenters. The Balaban J connectivity index is 2.13. The van der Waals surface area contributed by atoms with Crippen LogP contribution in [0, 0.1) is 27.8 Å². The molecule has 1 aromatic carbocycles. The Morgan fingerprint density at radius 1 is 1.38 bits per heavy atom. The van der Waals surface area contributed by atoms with E-state index < -0.39 is 16.4 Å². The van der Waals surface area contributed by atoms with E-state index in [1.54, 1.807) is 0 Å². The first-order chi connectivity index (χ1) is 9.90. The zero-order chi connectivity index (χ0) is 15.6. The first kappa shape index (κ1) is 15.4. The molecule has 3 atom stereocenters. The van der Waals surface area contributed by atoms with Gasteiger partial charge >= 0.3 is 5.69 Å². The van der Waals surface area contributed by atoms with Gasteiger partial charge in [0, 0.05) is 17.7 Å². The Morgan fingerprint density at radius 2 is 2.10 bits per heavy atom. The lowest BCUT2D eigenvalue weighted by atomic mass is 9.78. The van der Waals surface area contributed by atoms with Crippen LogP contribution in [-0.4, -0.2) is 16.9 Å². The number of benzene rings is 1. The predicted molar refractivity (Wildman–Crippen MR) is 76.5 cm³/mol. The number of nitrogens with zero attached hydrogens (tertiary/aromatic N) is 1. The molecule has 0 saturated heterocycles. The summed E-state index contributed by atoms with van der Waals surface area (Å²) < 4.78 is 13.3. The molecule has 0 heterocycles. The Labute approximate surface area is 122 Å². The van der Waals surface area contributed by atoms with E-state index in [-0.39, 0.29) is 17.5 Å². The quantitative estimate of drug-likeness (QED) is 0.686. The van der Waals surface area contributed by atoms with Crippen LogP contribution in [0.2, 0.25) is 0 Å². The molecule has 1 N–H and O–H groups in total. The minimum absolute atomic E-state index is 0.0605. The molecule has 0 radical (unpaired) electrons. The van der Waals surface area contributed by atoms with E-state index in [9.17, 15) is 19.3 Å². The molecule has 1 fully saturated rings. The standard InChI is InChI=1S/C15H19FN2O3/c1-9-4-3-5-13(10(9)2)17-15(19)11-6-7-12(16)14(8-11)18(20)21/h6-10,13H,3-5H2,1-2H3,(H,17,19). The summed E-state index contributed by atoms with van der Waals surface area (Å²) in [5.74, 6) is -0.426. The van der Waals surface area contributed by atoms with Gasteiger partial charge in [0.15, 0.2) is 0 Å². The molecule has 5 nitrogen and oxygen atoms in total. The highest BCUT2D eigenvalue weighted by molar-refractivity contribution is 5.95. The number of amides is 1. The van der Waals surface area contributed by atoms with Crippen molar-refractivity contribution in [2.45, 2.75) is 39.2 Å². The van der Waals surface area contributed by atoms with Gasteiger partial charge in [0.1, 0.15) is 0 Å². The number of rotatable bonds is 3. The highest BCUT2D eigenvalue weighted by Gasteiger charge is 2.28. The van der Waals surface area contributed by atoms with E-state index in [1.807, 2.05) is 0 Å². The molecule has 1 aliphatic rings. The SMILES string of the molecule is CC1CCCC(NC(=O)c2ccc(F)c([N+](=O)[O-])c2)C1C. The fraction of sp³-hybridized carbons (Fsp3) is 0.533. The van der Waals surface area contributed by atoms with E-state index in [2.05, 4.69) is 19.2 Å². The maximum Gasteiger partial charge on any atom is 0.305 e. The van der Waals surface area contributed by atoms with Crippen molar-refractivity contribution in [2.75, 3.05) is 0 Å². The zero-order valence-corrected chi connectivity index (χ0v) is 12.1. The van der Waals surface area contributed by atoms with Crippen LogP contribution < -0.4 is 5.32 Å². The van der Waals surface area contributed by atoms with Crippen LogP contribution >= 0.6 is 0 Å². The Kier molecular flexibility index (Phi) is 4.55. The maximum atomic E-state index is 13.3. The number of halogens is 1. The molecule has 2 rings (SSSR count). The van der Waals surface area contributed by atoms with Crippen molar-refractivity contribution < 1.29 is 14.1 Å². The third kappa shape index (κ3) is 3.37. The predicted octanol–water partition coefficient (Wildman–Crippen LogP) is 3.29. The van der Waals surface area contributed by atoms with Gasteiger partial charge in [-0.3, -0.25) is 14.9 Å². The summed E-state index contributed by atoms with van der Waals surface area (Å²) in [6.07, 6.45) is 3.11. The topological polar surface area (TPSA) is 72.2 Å². The summed E-state index contributed by atoms with van der Waals surface area (Å²) >= 11 is 0. The van der Waals surface area contributed by atoms with Crippen molar-refractivity contribution in [1.29, 1.82) is 0 Å². The molecule has 0 bridgehead atoms. The first-order valence-corrected chi connectivity index (χ1v) is 7.15. The van der Waals surface area contributed by atoms with Crippen molar-refractivity contribution in [3.63, 3.8) is 0 Å². The fourth-order valence-electron chi connectivity index (χ4n) is 2.83. The van der Waals surface area contributed by atoms with Gasteiger partial charge in [-0.25, -0.2) is 0 Å². The Morgan fingerprint density at radius 3 is 2.76 bits per heavy atom. The molecular formula is C15H19FN2O3. The van der Waals surface area contributed by atoms with E-state index in [4.69, 9.17) is 0 Å². The second kappa shape index (κ2) is 6.20. The number of nitro groups is 1. The fourth-order valence-corrected chi connectivity index (χ4v) is 2.83. The van der Waals surface area contributed by atoms with Crippen LogP contribution in [0.4, 0.5) is 10.1 Å². The smallest absolute Gasteiger partial charge is 0.305 e. The molecule has 21 heavy (non-hydrogen) atoms. The molecule has 0 aromatic heterocycles. The molecule has 0 aliphatic heterocycles. The normalized spacial score (nSPS) is 25.4. The highest BCUT2D eigenvalue weighted by atomic mass is 19.1. The number of hydrogen-bond acceptors (Lipinski definition) is 3. The second-order valence-corrected chi connectivity index (χ2v) is 5.77. The molecule has 1 saturated carbocycles. The summed E-state index contributed by atoms with van der Waals surface area (Å²) in [7, 11) is 0. The third-order valence-electron chi connectivity index (χ3n) is 4.43. The van der Waals surface area contributed by atoms with Gasteiger partial charge in [-0.15, -0.1) is 0 Å². The summed E-state index contributed by atoms with van der Waals surface area (Å²) in [6.45, 7) is 4.26. The van der Waals surface area contributed by atoms with Gasteiger partial charge in [-0.1, -0.05) is 26.7 Å². The molecule has 1 aliphatic carbocycles. The average molecular weight is 294 g/mol. The van der Waals surface area contributed by atoms with E-state index in [0.717, 1.165) is 31.4 Å². The van der Waals surface area contributed by atoms with Crippen LogP contribution in [0.1, 0.15) is 43.5 Å². The van der Waals surface area contributed by atoms with Crippen molar-refractivity contribution in [3.8, 4) is 0 Å². The largest absolute Gasteiger partial charge is 0.349 e. The van der Waals surface area contributed by atoms with Crippen LogP contribution in [-0.2, 0) is 0 Å². The highest BCUT2D eigenvalue weighted by Crippen LogP contribution is 2.29. The molecule has 114 valence electrons. The van der Waals surface area contributed by atoms with Crippen LogP contribution in [0.3, 0.4) is 0 Å². The van der Waals surface area contributed by atoms with E-state index >= 15 is 0 Å². The Bertz CT molecular complexity index is 562. The third-order valence-corrected chi connectivity index (χ3v) is 4.43. The maximum absolute atomic E-state index is 13.3. The van der Waals surface area contributed by atoms with Crippen LogP contribution in [0.25, 0.3) is 0 Å². The van der Waals surface area contributed by atoms with Crippen LogP contribution in [0.15, 0.2) is 18.2 Å². The molecule has 1 amide bonds. The lowest BCUT2D eigenvalue weighted by Crippen LogP contribution is -2.43. The average Bonchev–Trinajstić information content (AvgIpc) is 2.44. The number of nitrogens with one attached hydrogen (secondary N) is 1. The van der Waals surface area contributed by atoms with Gasteiger partial charge in [0.25, 0.3) is 5.91 Å². The minimum atomic E-state index is -0.934. The molecular weight excluding hydrogens is 275 g/mol. The van der Waals surface area contributed by atoms with Crippen molar-refractivity contribution in [2.24, 2.45) is 11.8 Å². The van der Waals surface area contributed by atoms with Gasteiger partial charge in [-0.05, 0) is 30.4 Å². The molecule has 1 aromatic rings. The van der Waals surface area contributed by atoms with Gasteiger partial charge < -0.3 is 5.32 Å². The first-order valence-electron chi connectivity index (χ1n) is 7.15. The Hall–Kier alpha value is -1.98. The van der Waals surface area contributed by atoms with Gasteiger partial charge in [-0.2, -0.15) is 4.39 Å². The number of carbonyl (C=O) groups excluding carboxylic acids is 1. The molecule has 6 heteroatoms. The molecule has 0 spiro atoms. The van der Waals surface area contributed by atoms with Crippen molar-refractivity contribution in [3.05, 3.63) is 39.7 Å².